The molecule has 0 spiro atoms. The van der Waals surface area contributed by atoms with E-state index >= 15 is 0 Å². The van der Waals surface area contributed by atoms with Crippen LogP contribution >= 0.6 is 11.6 Å². The summed E-state index contributed by atoms with van der Waals surface area (Å²) in [6.07, 6.45) is -4.87. The predicted molar refractivity (Wildman–Crippen MR) is 111 cm³/mol. The Labute approximate surface area is 186 Å². The van der Waals surface area contributed by atoms with E-state index in [0.29, 0.717) is 9.70 Å². The molecule has 1 heterocycles. The fourth-order valence-corrected chi connectivity index (χ4v) is 3.73. The first-order valence-electron chi connectivity index (χ1n) is 9.14. The summed E-state index contributed by atoms with van der Waals surface area (Å²) in [4.78, 5) is 11.7. The van der Waals surface area contributed by atoms with Crippen molar-refractivity contribution < 1.29 is 31.1 Å². The number of rotatable bonds is 6. The zero-order chi connectivity index (χ0) is 23.7. The molecule has 0 saturated heterocycles. The van der Waals surface area contributed by atoms with Crippen LogP contribution in [0.4, 0.5) is 13.2 Å². The van der Waals surface area contributed by atoms with Crippen molar-refractivity contribution in [2.45, 2.75) is 24.5 Å². The molecule has 3 aromatic rings. The molecule has 32 heavy (non-hydrogen) atoms. The second-order valence-corrected chi connectivity index (χ2v) is 8.61. The number of benzene rings is 2. The number of hydrogen-bond donors (Lipinski definition) is 1. The quantitative estimate of drug-likeness (QED) is 0.527. The van der Waals surface area contributed by atoms with Crippen LogP contribution in [0.3, 0.4) is 0 Å². The Balaban J connectivity index is 2.28. The summed E-state index contributed by atoms with van der Waals surface area (Å²) >= 11 is 5.88. The first kappa shape index (κ1) is 23.8. The van der Waals surface area contributed by atoms with Gasteiger partial charge in [-0.1, -0.05) is 35.9 Å². The molecule has 0 aliphatic heterocycles. The highest BCUT2D eigenvalue weighted by molar-refractivity contribution is 7.89. The number of halogens is 4. The summed E-state index contributed by atoms with van der Waals surface area (Å²) in [6, 6.07) is 10.5. The Hall–Kier alpha value is -2.89. The minimum Gasteiger partial charge on any atom is -0.465 e. The first-order valence-corrected chi connectivity index (χ1v) is 11.1. The summed E-state index contributed by atoms with van der Waals surface area (Å²) in [5.74, 6) is -0.890. The molecule has 0 aliphatic carbocycles. The Bertz CT molecular complexity index is 1240. The molecule has 0 fully saturated rings. The van der Waals surface area contributed by atoms with Gasteiger partial charge in [-0.2, -0.15) is 18.3 Å². The second-order valence-electron chi connectivity index (χ2n) is 6.61. The van der Waals surface area contributed by atoms with Crippen LogP contribution in [0.25, 0.3) is 22.4 Å². The predicted octanol–water partition coefficient (Wildman–Crippen LogP) is 4.10. The van der Waals surface area contributed by atoms with Gasteiger partial charge in [-0.25, -0.2) is 18.2 Å². The van der Waals surface area contributed by atoms with Crippen LogP contribution in [-0.2, 0) is 32.3 Å². The van der Waals surface area contributed by atoms with Crippen molar-refractivity contribution >= 4 is 27.6 Å². The Morgan fingerprint density at radius 2 is 1.66 bits per heavy atom. The maximum Gasteiger partial charge on any atom is 0.433 e. The van der Waals surface area contributed by atoms with Crippen LogP contribution in [0.2, 0.25) is 5.02 Å². The lowest BCUT2D eigenvalue weighted by Gasteiger charge is -2.13. The summed E-state index contributed by atoms with van der Waals surface area (Å²) < 4.78 is 70.7. The summed E-state index contributed by atoms with van der Waals surface area (Å²) in [5.41, 5.74) is -1.21. The van der Waals surface area contributed by atoms with Crippen LogP contribution in [0.15, 0.2) is 53.4 Å². The molecule has 7 nitrogen and oxygen atoms in total. The van der Waals surface area contributed by atoms with Crippen molar-refractivity contribution in [3.8, 4) is 22.4 Å². The molecule has 0 saturated carbocycles. The van der Waals surface area contributed by atoms with Gasteiger partial charge in [0, 0.05) is 16.1 Å². The minimum atomic E-state index is -4.87. The Morgan fingerprint density at radius 3 is 2.16 bits per heavy atom. The van der Waals surface area contributed by atoms with Gasteiger partial charge >= 0.3 is 12.1 Å². The van der Waals surface area contributed by atoms with E-state index in [9.17, 15) is 26.4 Å². The van der Waals surface area contributed by atoms with Crippen molar-refractivity contribution in [1.82, 2.24) is 9.78 Å². The van der Waals surface area contributed by atoms with E-state index in [0.717, 1.165) is 12.1 Å². The lowest BCUT2D eigenvalue weighted by atomic mass is 9.98. The van der Waals surface area contributed by atoms with Gasteiger partial charge in [0.1, 0.15) is 12.2 Å². The monoisotopic (exact) mass is 487 g/mol. The largest absolute Gasteiger partial charge is 0.465 e. The van der Waals surface area contributed by atoms with E-state index in [2.05, 4.69) is 5.10 Å². The number of nitrogens with two attached hydrogens (primary N) is 1. The third-order valence-electron chi connectivity index (χ3n) is 4.39. The number of alkyl halides is 3. The molecule has 0 atom stereocenters. The molecule has 0 bridgehead atoms. The molecule has 2 N–H and O–H groups in total. The van der Waals surface area contributed by atoms with E-state index < -0.39 is 34.4 Å². The van der Waals surface area contributed by atoms with Crippen LogP contribution in [0.5, 0.6) is 0 Å². The zero-order valence-corrected chi connectivity index (χ0v) is 18.1. The molecule has 12 heteroatoms. The SMILES string of the molecule is CCOC(=O)Cn1nc(-c2ccc(S(N)(=O)=O)cc2)c(-c2ccc(Cl)cc2)c1C(F)(F)F. The number of carbonyl (C=O) groups excluding carboxylic acids is 1. The first-order chi connectivity index (χ1) is 14.9. The molecule has 3 rings (SSSR count). The number of esters is 1. The standard InChI is InChI=1S/C20H17ClF3N3O4S/c1-2-31-16(28)11-27-19(20(22,23)24)17(12-3-7-14(21)8-4-12)18(26-27)13-5-9-15(10-6-13)32(25,29)30/h3-10H,2,11H2,1H3,(H2,25,29,30). The van der Waals surface area contributed by atoms with Gasteiger partial charge in [-0.3, -0.25) is 4.79 Å². The van der Waals surface area contributed by atoms with E-state index in [1.165, 1.54) is 43.3 Å². The normalized spacial score (nSPS) is 12.1. The lowest BCUT2D eigenvalue weighted by molar-refractivity contribution is -0.149. The number of carbonyl (C=O) groups is 1. The van der Waals surface area contributed by atoms with Crippen molar-refractivity contribution in [1.29, 1.82) is 0 Å². The molecule has 2 aromatic carbocycles. The zero-order valence-electron chi connectivity index (χ0n) is 16.6. The van der Waals surface area contributed by atoms with E-state index in [1.54, 1.807) is 0 Å². The molecule has 0 aliphatic rings. The van der Waals surface area contributed by atoms with Gasteiger partial charge in [0.25, 0.3) is 0 Å². The van der Waals surface area contributed by atoms with Gasteiger partial charge in [0.2, 0.25) is 10.0 Å². The molecule has 1 aromatic heterocycles. The molecule has 0 unspecified atom stereocenters. The van der Waals surface area contributed by atoms with Gasteiger partial charge in [-0.05, 0) is 36.8 Å². The Morgan fingerprint density at radius 1 is 1.09 bits per heavy atom. The highest BCUT2D eigenvalue weighted by atomic mass is 35.5. The van der Waals surface area contributed by atoms with Gasteiger partial charge in [0.05, 0.1) is 11.5 Å². The van der Waals surface area contributed by atoms with Gasteiger partial charge in [-0.15, -0.1) is 0 Å². The number of nitrogens with zero attached hydrogens (tertiary/aromatic N) is 2. The maximum absolute atomic E-state index is 14.1. The number of primary sulfonamides is 1. The lowest BCUT2D eigenvalue weighted by Crippen LogP contribution is -2.21. The average Bonchev–Trinajstić information content (AvgIpc) is 3.07. The maximum atomic E-state index is 14.1. The van der Waals surface area contributed by atoms with Crippen molar-refractivity contribution in [3.05, 3.63) is 59.2 Å². The van der Waals surface area contributed by atoms with Crippen molar-refractivity contribution in [2.24, 2.45) is 5.14 Å². The molecule has 170 valence electrons. The van der Waals surface area contributed by atoms with Crippen LogP contribution in [0, 0.1) is 0 Å². The highest BCUT2D eigenvalue weighted by Crippen LogP contribution is 2.43. The summed E-state index contributed by atoms with van der Waals surface area (Å²) in [5, 5.41) is 9.45. The van der Waals surface area contributed by atoms with E-state index in [-0.39, 0.29) is 33.9 Å². The van der Waals surface area contributed by atoms with Crippen molar-refractivity contribution in [2.75, 3.05) is 6.61 Å². The Kier molecular flexibility index (Phi) is 6.63. The second kappa shape index (κ2) is 8.93. The van der Waals surface area contributed by atoms with Crippen molar-refractivity contribution in [3.63, 3.8) is 0 Å². The number of hydrogen-bond acceptors (Lipinski definition) is 5. The van der Waals surface area contributed by atoms with Crippen LogP contribution in [-0.4, -0.2) is 30.8 Å². The van der Waals surface area contributed by atoms with E-state index in [4.69, 9.17) is 21.5 Å². The highest BCUT2D eigenvalue weighted by Gasteiger charge is 2.41. The molecular weight excluding hydrogens is 471 g/mol. The van der Waals surface area contributed by atoms with Crippen LogP contribution < -0.4 is 5.14 Å². The average molecular weight is 488 g/mol. The molecule has 0 radical (unpaired) electrons. The third kappa shape index (κ3) is 5.12. The van der Waals surface area contributed by atoms with Crippen LogP contribution in [0.1, 0.15) is 12.6 Å². The summed E-state index contributed by atoms with van der Waals surface area (Å²) in [7, 11) is -4.00. The summed E-state index contributed by atoms with van der Waals surface area (Å²) in [6.45, 7) is 0.759. The topological polar surface area (TPSA) is 104 Å². The smallest absolute Gasteiger partial charge is 0.433 e. The van der Waals surface area contributed by atoms with E-state index in [1.807, 2.05) is 0 Å². The van der Waals surface area contributed by atoms with Gasteiger partial charge in [0.15, 0.2) is 5.69 Å². The molecular formula is C20H17ClF3N3O4S. The molecule has 0 amide bonds. The number of ether oxygens (including phenoxy) is 1. The van der Waals surface area contributed by atoms with Gasteiger partial charge < -0.3 is 4.74 Å². The number of aromatic nitrogens is 2. The fraction of sp³-hybridized carbons (Fsp3) is 0.200. The third-order valence-corrected chi connectivity index (χ3v) is 5.58. The fourth-order valence-electron chi connectivity index (χ4n) is 3.09. The minimum absolute atomic E-state index is 0.00657. The number of sulfonamides is 1.